The number of ether oxygens (including phenoxy) is 1. The third kappa shape index (κ3) is 5.12. The molecule has 19 heavy (non-hydrogen) atoms. The molecule has 2 unspecified atom stereocenters. The second kappa shape index (κ2) is 7.57. The van der Waals surface area contributed by atoms with Gasteiger partial charge in [0.1, 0.15) is 5.92 Å². The van der Waals surface area contributed by atoms with Crippen LogP contribution in [0.2, 0.25) is 0 Å². The standard InChI is InChI=1S/C11H19N3O5/c1-2-3-12-9(15)4-13-11(18)14-8-6-19-5-7(8)10(16)17/h7-8H,2-6H2,1H3,(H,12,15)(H,16,17)(H2,13,14,18). The molecular formula is C11H19N3O5. The minimum Gasteiger partial charge on any atom is -0.481 e. The molecule has 0 saturated carbocycles. The van der Waals surface area contributed by atoms with Gasteiger partial charge < -0.3 is 25.8 Å². The Bertz CT molecular complexity index is 347. The lowest BCUT2D eigenvalue weighted by Crippen LogP contribution is -2.49. The van der Waals surface area contributed by atoms with Gasteiger partial charge in [0.2, 0.25) is 5.91 Å². The zero-order valence-electron chi connectivity index (χ0n) is 10.8. The van der Waals surface area contributed by atoms with Crippen molar-refractivity contribution in [1.29, 1.82) is 0 Å². The van der Waals surface area contributed by atoms with Crippen molar-refractivity contribution in [1.82, 2.24) is 16.0 Å². The number of carbonyl (C=O) groups is 3. The lowest BCUT2D eigenvalue weighted by Gasteiger charge is -2.16. The summed E-state index contributed by atoms with van der Waals surface area (Å²) in [5.74, 6) is -2.04. The molecule has 0 aliphatic carbocycles. The summed E-state index contributed by atoms with van der Waals surface area (Å²) in [7, 11) is 0. The van der Waals surface area contributed by atoms with E-state index in [1.54, 1.807) is 0 Å². The number of hydrogen-bond acceptors (Lipinski definition) is 4. The maximum absolute atomic E-state index is 11.5. The molecule has 1 fully saturated rings. The molecule has 8 nitrogen and oxygen atoms in total. The first kappa shape index (κ1) is 15.2. The summed E-state index contributed by atoms with van der Waals surface area (Å²) in [6.07, 6.45) is 0.817. The van der Waals surface area contributed by atoms with Crippen molar-refractivity contribution < 1.29 is 24.2 Å². The van der Waals surface area contributed by atoms with Gasteiger partial charge in [0.05, 0.1) is 25.8 Å². The summed E-state index contributed by atoms with van der Waals surface area (Å²) < 4.78 is 5.01. The molecule has 1 aliphatic rings. The van der Waals surface area contributed by atoms with Crippen molar-refractivity contribution in [2.24, 2.45) is 5.92 Å². The van der Waals surface area contributed by atoms with Crippen LogP contribution in [0.5, 0.6) is 0 Å². The highest BCUT2D eigenvalue weighted by molar-refractivity contribution is 5.84. The van der Waals surface area contributed by atoms with Crippen molar-refractivity contribution >= 4 is 17.9 Å². The van der Waals surface area contributed by atoms with Gasteiger partial charge in [-0.1, -0.05) is 6.92 Å². The van der Waals surface area contributed by atoms with Gasteiger partial charge in [0.15, 0.2) is 0 Å². The van der Waals surface area contributed by atoms with Crippen molar-refractivity contribution in [2.45, 2.75) is 19.4 Å². The van der Waals surface area contributed by atoms with Crippen LogP contribution in [-0.2, 0) is 14.3 Å². The van der Waals surface area contributed by atoms with Gasteiger partial charge in [0, 0.05) is 6.54 Å². The minimum absolute atomic E-state index is 0.0806. The van der Waals surface area contributed by atoms with E-state index in [0.29, 0.717) is 6.54 Å². The largest absolute Gasteiger partial charge is 0.481 e. The Morgan fingerprint density at radius 3 is 2.63 bits per heavy atom. The highest BCUT2D eigenvalue weighted by Gasteiger charge is 2.35. The topological polar surface area (TPSA) is 117 Å². The normalized spacial score (nSPS) is 21.7. The highest BCUT2D eigenvalue weighted by atomic mass is 16.5. The number of aliphatic carboxylic acids is 1. The highest BCUT2D eigenvalue weighted by Crippen LogP contribution is 2.13. The quantitative estimate of drug-likeness (QED) is 0.490. The summed E-state index contributed by atoms with van der Waals surface area (Å²) in [6.45, 7) is 2.58. The second-order valence-corrected chi connectivity index (χ2v) is 4.27. The van der Waals surface area contributed by atoms with Gasteiger partial charge in [-0.25, -0.2) is 4.79 Å². The van der Waals surface area contributed by atoms with Crippen molar-refractivity contribution in [3.63, 3.8) is 0 Å². The third-order valence-corrected chi connectivity index (χ3v) is 2.70. The first-order chi connectivity index (χ1) is 9.04. The Morgan fingerprint density at radius 2 is 2.00 bits per heavy atom. The van der Waals surface area contributed by atoms with E-state index in [0.717, 1.165) is 6.42 Å². The van der Waals surface area contributed by atoms with Crippen LogP contribution < -0.4 is 16.0 Å². The fourth-order valence-corrected chi connectivity index (χ4v) is 1.65. The molecule has 0 aromatic heterocycles. The summed E-state index contributed by atoms with van der Waals surface area (Å²) in [5.41, 5.74) is 0. The van der Waals surface area contributed by atoms with Crippen molar-refractivity contribution in [3.05, 3.63) is 0 Å². The molecule has 0 radical (unpaired) electrons. The van der Waals surface area contributed by atoms with E-state index >= 15 is 0 Å². The zero-order chi connectivity index (χ0) is 14.3. The molecule has 8 heteroatoms. The Kier molecular flexibility index (Phi) is 6.07. The molecule has 0 bridgehead atoms. The van der Waals surface area contributed by atoms with E-state index in [2.05, 4.69) is 16.0 Å². The summed E-state index contributed by atoms with van der Waals surface area (Å²) >= 11 is 0. The van der Waals surface area contributed by atoms with Crippen LogP contribution in [0.3, 0.4) is 0 Å². The van der Waals surface area contributed by atoms with E-state index in [4.69, 9.17) is 9.84 Å². The Labute approximate surface area is 110 Å². The van der Waals surface area contributed by atoms with Gasteiger partial charge in [-0.3, -0.25) is 9.59 Å². The lowest BCUT2D eigenvalue weighted by atomic mass is 10.0. The fraction of sp³-hybridized carbons (Fsp3) is 0.727. The van der Waals surface area contributed by atoms with Crippen LogP contribution in [0.15, 0.2) is 0 Å². The van der Waals surface area contributed by atoms with Gasteiger partial charge in [-0.15, -0.1) is 0 Å². The maximum Gasteiger partial charge on any atom is 0.315 e. The molecule has 1 aliphatic heterocycles. The minimum atomic E-state index is -1.01. The Morgan fingerprint density at radius 1 is 1.26 bits per heavy atom. The van der Waals surface area contributed by atoms with E-state index in [1.165, 1.54) is 0 Å². The predicted molar refractivity (Wildman–Crippen MR) is 65.6 cm³/mol. The fourth-order valence-electron chi connectivity index (χ4n) is 1.65. The van der Waals surface area contributed by atoms with Crippen molar-refractivity contribution in [2.75, 3.05) is 26.3 Å². The first-order valence-corrected chi connectivity index (χ1v) is 6.16. The summed E-state index contributed by atoms with van der Waals surface area (Å²) in [4.78, 5) is 33.6. The Balaban J connectivity index is 2.27. The smallest absolute Gasteiger partial charge is 0.315 e. The Hall–Kier alpha value is -1.83. The van der Waals surface area contributed by atoms with Gasteiger partial charge in [0.25, 0.3) is 0 Å². The number of carboxylic acid groups (broad SMARTS) is 1. The SMILES string of the molecule is CCCNC(=O)CNC(=O)NC1COCC1C(=O)O. The molecule has 2 atom stereocenters. The average Bonchev–Trinajstić information content (AvgIpc) is 2.82. The lowest BCUT2D eigenvalue weighted by molar-refractivity contribution is -0.142. The van der Waals surface area contributed by atoms with Crippen LogP contribution >= 0.6 is 0 Å². The maximum atomic E-state index is 11.5. The number of urea groups is 1. The van der Waals surface area contributed by atoms with Crippen LogP contribution in [-0.4, -0.2) is 55.4 Å². The van der Waals surface area contributed by atoms with Crippen LogP contribution in [0.4, 0.5) is 4.79 Å². The molecular weight excluding hydrogens is 254 g/mol. The molecule has 1 rings (SSSR count). The number of amides is 3. The predicted octanol–water partition coefficient (Wildman–Crippen LogP) is -1.09. The number of rotatable bonds is 6. The number of carboxylic acids is 1. The second-order valence-electron chi connectivity index (χ2n) is 4.27. The van der Waals surface area contributed by atoms with E-state index < -0.39 is 24.0 Å². The van der Waals surface area contributed by atoms with Gasteiger partial charge >= 0.3 is 12.0 Å². The van der Waals surface area contributed by atoms with Gasteiger partial charge in [-0.05, 0) is 6.42 Å². The number of carbonyl (C=O) groups excluding carboxylic acids is 2. The van der Waals surface area contributed by atoms with E-state index in [9.17, 15) is 14.4 Å². The molecule has 108 valence electrons. The molecule has 3 amide bonds. The zero-order valence-corrected chi connectivity index (χ0v) is 10.8. The summed E-state index contributed by atoms with van der Waals surface area (Å²) in [6, 6.07) is -1.15. The summed E-state index contributed by atoms with van der Waals surface area (Å²) in [5, 5.41) is 16.4. The number of nitrogens with one attached hydrogen (secondary N) is 3. The molecule has 4 N–H and O–H groups in total. The van der Waals surface area contributed by atoms with E-state index in [-0.39, 0.29) is 25.7 Å². The molecule has 1 saturated heterocycles. The molecule has 0 aromatic rings. The van der Waals surface area contributed by atoms with E-state index in [1.807, 2.05) is 6.92 Å². The van der Waals surface area contributed by atoms with Crippen LogP contribution in [0.25, 0.3) is 0 Å². The monoisotopic (exact) mass is 273 g/mol. The van der Waals surface area contributed by atoms with Crippen LogP contribution in [0.1, 0.15) is 13.3 Å². The molecule has 0 spiro atoms. The molecule has 1 heterocycles. The van der Waals surface area contributed by atoms with Crippen molar-refractivity contribution in [3.8, 4) is 0 Å². The average molecular weight is 273 g/mol. The molecule has 0 aromatic carbocycles. The number of hydrogen-bond donors (Lipinski definition) is 4. The third-order valence-electron chi connectivity index (χ3n) is 2.70. The van der Waals surface area contributed by atoms with Crippen LogP contribution in [0, 0.1) is 5.92 Å². The first-order valence-electron chi connectivity index (χ1n) is 6.16. The van der Waals surface area contributed by atoms with Gasteiger partial charge in [-0.2, -0.15) is 0 Å².